The van der Waals surface area contributed by atoms with Gasteiger partial charge in [-0.25, -0.2) is 0 Å². The minimum atomic E-state index is 0.288. The summed E-state index contributed by atoms with van der Waals surface area (Å²) in [6, 6.07) is 15.3. The highest BCUT2D eigenvalue weighted by molar-refractivity contribution is 7.12. The first-order valence-electron chi connectivity index (χ1n) is 19.7. The molecule has 0 fully saturated rings. The second kappa shape index (κ2) is 27.6. The zero-order valence-electron chi connectivity index (χ0n) is 35.4. The highest BCUT2D eigenvalue weighted by Gasteiger charge is 2.17. The van der Waals surface area contributed by atoms with Crippen molar-refractivity contribution in [2.75, 3.05) is 43.5 Å². The summed E-state index contributed by atoms with van der Waals surface area (Å²) in [7, 11) is 0. The SMILES string of the molecule is C=C(c1ccc(O)cc1)c1c(C)sc(C)c1C.C=C=CNc1ccc(NCCOCCNCCC)cc1.CCC(C)/C(C)=N\N=C(/C)[C@H](CC)C(C)CC. The molecule has 0 amide bonds. The van der Waals surface area contributed by atoms with E-state index in [2.05, 4.69) is 121 Å². The number of nitrogens with one attached hydrogen (secondary N) is 3. The van der Waals surface area contributed by atoms with E-state index in [0.29, 0.717) is 24.4 Å². The van der Waals surface area contributed by atoms with E-state index in [0.717, 1.165) is 73.7 Å². The molecule has 3 aromatic rings. The van der Waals surface area contributed by atoms with E-state index < -0.39 is 0 Å². The van der Waals surface area contributed by atoms with E-state index in [4.69, 9.17) is 4.74 Å². The smallest absolute Gasteiger partial charge is 0.115 e. The van der Waals surface area contributed by atoms with E-state index in [1.807, 2.05) is 47.7 Å². The third-order valence-electron chi connectivity index (χ3n) is 9.73. The summed E-state index contributed by atoms with van der Waals surface area (Å²) < 4.78 is 5.52. The Hall–Kier alpha value is -3.94. The molecule has 298 valence electrons. The number of hydrogen-bond donors (Lipinski definition) is 4. The van der Waals surface area contributed by atoms with Gasteiger partial charge in [-0.2, -0.15) is 10.2 Å². The highest BCUT2D eigenvalue weighted by atomic mass is 32.1. The van der Waals surface area contributed by atoms with Crippen LogP contribution in [0.5, 0.6) is 5.75 Å². The maximum atomic E-state index is 9.29. The van der Waals surface area contributed by atoms with Gasteiger partial charge in [0.15, 0.2) is 0 Å². The molecule has 1 aromatic heterocycles. The summed E-state index contributed by atoms with van der Waals surface area (Å²) in [5, 5.41) is 27.8. The van der Waals surface area contributed by atoms with Gasteiger partial charge in [0.1, 0.15) is 5.75 Å². The number of thiophene rings is 1. The van der Waals surface area contributed by atoms with Crippen molar-refractivity contribution < 1.29 is 9.84 Å². The fourth-order valence-electron chi connectivity index (χ4n) is 5.70. The number of phenolic OH excluding ortho intramolecular Hbond substituents is 1. The number of ether oxygens (including phenoxy) is 1. The van der Waals surface area contributed by atoms with Crippen molar-refractivity contribution in [1.82, 2.24) is 5.32 Å². The number of nitrogens with zero attached hydrogens (tertiary/aromatic N) is 2. The van der Waals surface area contributed by atoms with E-state index in [1.54, 1.807) is 18.3 Å². The number of benzene rings is 2. The monoisotopic (exact) mass is 758 g/mol. The lowest BCUT2D eigenvalue weighted by atomic mass is 9.86. The zero-order chi connectivity index (χ0) is 40.5. The van der Waals surface area contributed by atoms with Crippen LogP contribution in [0.25, 0.3) is 5.57 Å². The van der Waals surface area contributed by atoms with Crippen LogP contribution < -0.4 is 16.0 Å². The Bertz CT molecular complexity index is 1600. The highest BCUT2D eigenvalue weighted by Crippen LogP contribution is 2.35. The van der Waals surface area contributed by atoms with Crippen molar-refractivity contribution >= 4 is 39.7 Å². The molecule has 4 N–H and O–H groups in total. The Morgan fingerprint density at radius 1 is 0.833 bits per heavy atom. The number of aryl methyl sites for hydroxylation is 2. The lowest BCUT2D eigenvalue weighted by Crippen LogP contribution is -2.21. The molecule has 3 atom stereocenters. The Labute approximate surface area is 332 Å². The van der Waals surface area contributed by atoms with Crippen molar-refractivity contribution in [3.8, 4) is 5.75 Å². The van der Waals surface area contributed by atoms with Crippen LogP contribution in [0.15, 0.2) is 83.8 Å². The van der Waals surface area contributed by atoms with Gasteiger partial charge in [0.05, 0.1) is 13.2 Å². The second-order valence-electron chi connectivity index (χ2n) is 13.8. The molecule has 54 heavy (non-hydrogen) atoms. The van der Waals surface area contributed by atoms with Crippen molar-refractivity contribution in [1.29, 1.82) is 0 Å². The largest absolute Gasteiger partial charge is 0.508 e. The summed E-state index contributed by atoms with van der Waals surface area (Å²) in [6.07, 6.45) is 6.34. The van der Waals surface area contributed by atoms with Gasteiger partial charge in [-0.3, -0.25) is 0 Å². The molecule has 7 nitrogen and oxygen atoms in total. The fraction of sp³-hybridized carbons (Fsp3) is 0.500. The molecular weight excluding hydrogens is 687 g/mol. The molecule has 2 aromatic carbocycles. The molecule has 2 unspecified atom stereocenters. The molecule has 0 saturated heterocycles. The summed E-state index contributed by atoms with van der Waals surface area (Å²) in [6.45, 7) is 35.9. The first-order chi connectivity index (χ1) is 25.8. The Morgan fingerprint density at radius 3 is 1.98 bits per heavy atom. The predicted molar refractivity (Wildman–Crippen MR) is 240 cm³/mol. The topological polar surface area (TPSA) is 90.3 Å². The molecule has 0 aliphatic carbocycles. The molecule has 0 radical (unpaired) electrons. The standard InChI is InChI=1S/C16H25N3O.C15H30N2.C15H16OS/c1-3-9-17-11-13-20-14-12-19-16-7-5-15(6-8-16)18-10-4-2;1-8-11(4)13(6)16-17-14(7)15(10-3)12(5)9-2;1-9-11(3)17-12(4)15(9)10(2)13-5-7-14(16)8-6-13/h5-8,10,17-19H,2-3,9,11-14H2,1H3;11-12,15H,8-10H2,1-7H3;5-8,16H,2H2,1,3-4H3/b;16-13-,17-14+;/t;11?,12?,15-;/m.1./s1. The van der Waals surface area contributed by atoms with Crippen LogP contribution in [0, 0.1) is 38.5 Å². The lowest BCUT2D eigenvalue weighted by molar-refractivity contribution is 0.146. The normalized spacial score (nSPS) is 12.9. The fourth-order valence-corrected chi connectivity index (χ4v) is 6.79. The number of phenols is 1. The Morgan fingerprint density at radius 2 is 1.44 bits per heavy atom. The second-order valence-corrected chi connectivity index (χ2v) is 15.2. The lowest BCUT2D eigenvalue weighted by Gasteiger charge is -2.20. The number of anilines is 2. The molecule has 8 heteroatoms. The van der Waals surface area contributed by atoms with Gasteiger partial charge >= 0.3 is 0 Å². The van der Waals surface area contributed by atoms with E-state index in [9.17, 15) is 5.11 Å². The summed E-state index contributed by atoms with van der Waals surface area (Å²) in [5.74, 6) is 2.10. The van der Waals surface area contributed by atoms with Gasteiger partial charge in [-0.15, -0.1) is 17.1 Å². The average Bonchev–Trinajstić information content (AvgIpc) is 3.44. The van der Waals surface area contributed by atoms with Gasteiger partial charge in [-0.05, 0) is 131 Å². The molecule has 0 saturated carbocycles. The van der Waals surface area contributed by atoms with E-state index in [1.165, 1.54) is 33.0 Å². The van der Waals surface area contributed by atoms with Crippen molar-refractivity contribution in [2.45, 2.75) is 102 Å². The van der Waals surface area contributed by atoms with Crippen LogP contribution in [0.4, 0.5) is 11.4 Å². The van der Waals surface area contributed by atoms with Crippen LogP contribution in [0.1, 0.15) is 108 Å². The maximum Gasteiger partial charge on any atom is 0.115 e. The minimum absolute atomic E-state index is 0.288. The van der Waals surface area contributed by atoms with Crippen molar-refractivity contribution in [3.63, 3.8) is 0 Å². The van der Waals surface area contributed by atoms with Gasteiger partial charge in [0.2, 0.25) is 0 Å². The van der Waals surface area contributed by atoms with Crippen LogP contribution in [-0.2, 0) is 4.74 Å². The Kier molecular flexibility index (Phi) is 24.6. The van der Waals surface area contributed by atoms with Crippen LogP contribution >= 0.6 is 11.3 Å². The van der Waals surface area contributed by atoms with E-state index in [-0.39, 0.29) is 5.75 Å². The minimum Gasteiger partial charge on any atom is -0.508 e. The first-order valence-corrected chi connectivity index (χ1v) is 20.5. The van der Waals surface area contributed by atoms with Crippen molar-refractivity contribution in [2.24, 2.45) is 28.0 Å². The van der Waals surface area contributed by atoms with Crippen molar-refractivity contribution in [3.05, 3.63) is 100 Å². The maximum absolute atomic E-state index is 9.29. The van der Waals surface area contributed by atoms with Gasteiger partial charge in [-0.1, -0.05) is 73.3 Å². The number of hydrogen-bond acceptors (Lipinski definition) is 8. The van der Waals surface area contributed by atoms with Gasteiger partial charge in [0.25, 0.3) is 0 Å². The molecule has 0 aliphatic rings. The first kappa shape index (κ1) is 48.1. The molecular formula is C46H71N5O2S. The molecule has 0 aliphatic heterocycles. The quantitative estimate of drug-likeness (QED) is 0.0399. The van der Waals surface area contributed by atoms with Crippen LogP contribution in [0.2, 0.25) is 0 Å². The summed E-state index contributed by atoms with van der Waals surface area (Å²) in [4.78, 5) is 2.65. The molecule has 0 spiro atoms. The summed E-state index contributed by atoms with van der Waals surface area (Å²) >= 11 is 1.81. The third-order valence-corrected chi connectivity index (χ3v) is 10.9. The Balaban J connectivity index is 0.000000407. The number of rotatable bonds is 20. The third kappa shape index (κ3) is 17.9. The predicted octanol–water partition coefficient (Wildman–Crippen LogP) is 12.2. The molecule has 0 bridgehead atoms. The average molecular weight is 758 g/mol. The zero-order valence-corrected chi connectivity index (χ0v) is 36.2. The summed E-state index contributed by atoms with van der Waals surface area (Å²) in [5.41, 5.74) is 11.8. The van der Waals surface area contributed by atoms with Crippen LogP contribution in [0.3, 0.4) is 0 Å². The van der Waals surface area contributed by atoms with Gasteiger partial charge < -0.3 is 25.8 Å². The van der Waals surface area contributed by atoms with Gasteiger partial charge in [0, 0.05) is 57.8 Å². The molecule has 3 rings (SSSR count). The molecule has 1 heterocycles. The van der Waals surface area contributed by atoms with Crippen LogP contribution in [-0.4, -0.2) is 49.4 Å². The van der Waals surface area contributed by atoms with E-state index >= 15 is 0 Å². The number of aromatic hydroxyl groups is 1.